The number of ketones is 1. The maximum atomic E-state index is 13.0. The first-order valence-corrected chi connectivity index (χ1v) is 13.2. The zero-order chi connectivity index (χ0) is 33.4. The minimum atomic E-state index is -4.96. The van der Waals surface area contributed by atoms with E-state index in [0.29, 0.717) is 28.8 Å². The summed E-state index contributed by atoms with van der Waals surface area (Å²) in [5.74, 6) is 3.86. The first kappa shape index (κ1) is 34.8. The monoisotopic (exact) mass is 635 g/mol. The average Bonchev–Trinajstić information content (AvgIpc) is 2.98. The number of aliphatic hydroxyl groups is 1. The van der Waals surface area contributed by atoms with Crippen molar-refractivity contribution in [3.8, 4) is 11.8 Å². The summed E-state index contributed by atoms with van der Waals surface area (Å²) in [4.78, 5) is 36.3. The largest absolute Gasteiger partial charge is 0.416 e. The number of hydrogen-bond acceptors (Lipinski definition) is 6. The lowest BCUT2D eigenvalue weighted by atomic mass is 10.0. The molecular formula is C31H27F6N3O5. The fourth-order valence-corrected chi connectivity index (χ4v) is 4.01. The molecule has 45 heavy (non-hydrogen) atoms. The molecule has 0 aliphatic heterocycles. The van der Waals surface area contributed by atoms with Crippen LogP contribution in [0.15, 0.2) is 66.7 Å². The molecule has 2 amide bonds. The van der Waals surface area contributed by atoms with Crippen molar-refractivity contribution in [1.82, 2.24) is 16.1 Å². The quantitative estimate of drug-likeness (QED) is 0.0992. The second-order valence-corrected chi connectivity index (χ2v) is 9.93. The van der Waals surface area contributed by atoms with Crippen LogP contribution >= 0.6 is 0 Å². The predicted molar refractivity (Wildman–Crippen MR) is 149 cm³/mol. The highest BCUT2D eigenvalue weighted by Crippen LogP contribution is 2.36. The number of rotatable bonds is 10. The van der Waals surface area contributed by atoms with Crippen LogP contribution in [0.2, 0.25) is 0 Å². The number of halogens is 6. The highest BCUT2D eigenvalue weighted by atomic mass is 19.4. The molecule has 8 nitrogen and oxygen atoms in total. The van der Waals surface area contributed by atoms with Crippen molar-refractivity contribution in [3.63, 3.8) is 0 Å². The summed E-state index contributed by atoms with van der Waals surface area (Å²) < 4.78 is 78.2. The Morgan fingerprint density at radius 2 is 1.31 bits per heavy atom. The minimum Gasteiger partial charge on any atom is -0.391 e. The summed E-state index contributed by atoms with van der Waals surface area (Å²) >= 11 is 0. The summed E-state index contributed by atoms with van der Waals surface area (Å²) in [6, 6.07) is 12.6. The number of carbonyl (C=O) groups excluding carboxylic acids is 3. The van der Waals surface area contributed by atoms with Crippen LogP contribution in [0, 0.1) is 11.8 Å². The number of carbonyl (C=O) groups is 3. The molecule has 0 aliphatic carbocycles. The van der Waals surface area contributed by atoms with E-state index in [4.69, 9.17) is 5.21 Å². The van der Waals surface area contributed by atoms with Crippen LogP contribution in [0.1, 0.15) is 50.7 Å². The summed E-state index contributed by atoms with van der Waals surface area (Å²) in [5, 5.41) is 23.3. The van der Waals surface area contributed by atoms with E-state index >= 15 is 0 Å². The molecule has 0 spiro atoms. The molecule has 0 aromatic heterocycles. The molecule has 0 aliphatic rings. The molecule has 0 saturated carbocycles. The molecular weight excluding hydrogens is 608 g/mol. The van der Waals surface area contributed by atoms with Crippen molar-refractivity contribution in [2.24, 2.45) is 0 Å². The van der Waals surface area contributed by atoms with Gasteiger partial charge in [-0.1, -0.05) is 24.0 Å². The fourth-order valence-electron chi connectivity index (χ4n) is 4.01. The highest BCUT2D eigenvalue weighted by molar-refractivity contribution is 5.97. The van der Waals surface area contributed by atoms with E-state index in [9.17, 15) is 45.8 Å². The second kappa shape index (κ2) is 14.8. The van der Waals surface area contributed by atoms with E-state index in [0.717, 1.165) is 0 Å². The van der Waals surface area contributed by atoms with E-state index < -0.39 is 47.4 Å². The Hall–Kier alpha value is -4.71. The van der Waals surface area contributed by atoms with Gasteiger partial charge in [0, 0.05) is 29.7 Å². The number of amides is 2. The minimum absolute atomic E-state index is 0.0312. The van der Waals surface area contributed by atoms with Gasteiger partial charge in [0.25, 0.3) is 11.8 Å². The van der Waals surface area contributed by atoms with Gasteiger partial charge in [0.05, 0.1) is 23.8 Å². The van der Waals surface area contributed by atoms with E-state index in [1.54, 1.807) is 36.4 Å². The lowest BCUT2D eigenvalue weighted by Gasteiger charge is -2.19. The van der Waals surface area contributed by atoms with Gasteiger partial charge in [-0.2, -0.15) is 26.3 Å². The normalized spacial score (nSPS) is 12.8. The van der Waals surface area contributed by atoms with Crippen LogP contribution in [0.5, 0.6) is 0 Å². The Kier molecular flexibility index (Phi) is 11.5. The Balaban J connectivity index is 1.54. The number of aliphatic hydroxyl groups excluding tert-OH is 1. The Labute approximate surface area is 253 Å². The molecule has 3 aromatic carbocycles. The molecule has 0 bridgehead atoms. The topological polar surface area (TPSA) is 128 Å². The van der Waals surface area contributed by atoms with E-state index in [1.165, 1.54) is 24.5 Å². The zero-order valence-electron chi connectivity index (χ0n) is 23.5. The molecule has 2 atom stereocenters. The van der Waals surface area contributed by atoms with Crippen molar-refractivity contribution in [1.29, 1.82) is 0 Å². The smallest absolute Gasteiger partial charge is 0.391 e. The van der Waals surface area contributed by atoms with Crippen molar-refractivity contribution >= 4 is 17.6 Å². The molecule has 0 radical (unpaired) electrons. The average molecular weight is 636 g/mol. The summed E-state index contributed by atoms with van der Waals surface area (Å²) in [7, 11) is 0. The summed E-state index contributed by atoms with van der Waals surface area (Å²) in [5.41, 5.74) is 0.210. The molecule has 0 unspecified atom stereocenters. The van der Waals surface area contributed by atoms with Crippen LogP contribution in [0.3, 0.4) is 0 Å². The van der Waals surface area contributed by atoms with Gasteiger partial charge in [0.15, 0.2) is 5.78 Å². The van der Waals surface area contributed by atoms with Crippen molar-refractivity contribution in [2.75, 3.05) is 6.54 Å². The van der Waals surface area contributed by atoms with Gasteiger partial charge in [-0.3, -0.25) is 19.6 Å². The number of hydrogen-bond donors (Lipinski definition) is 5. The van der Waals surface area contributed by atoms with Gasteiger partial charge in [0.1, 0.15) is 6.04 Å². The van der Waals surface area contributed by atoms with E-state index in [2.05, 4.69) is 22.5 Å². The van der Waals surface area contributed by atoms with E-state index in [1.807, 2.05) is 0 Å². The van der Waals surface area contributed by atoms with Crippen molar-refractivity contribution in [3.05, 3.63) is 106 Å². The third kappa shape index (κ3) is 10.5. The maximum absolute atomic E-state index is 13.0. The van der Waals surface area contributed by atoms with Gasteiger partial charge in [-0.05, 0) is 72.6 Å². The van der Waals surface area contributed by atoms with Crippen molar-refractivity contribution in [2.45, 2.75) is 44.4 Å². The Morgan fingerprint density at radius 3 is 1.78 bits per heavy atom. The lowest BCUT2D eigenvalue weighted by molar-refractivity contribution is -0.143. The van der Waals surface area contributed by atoms with Crippen LogP contribution < -0.4 is 16.1 Å². The standard InChI is InChI=1S/C31H27F6N3O5/c1-18(41)27(29(44)40-45)39-28(43)23-10-8-20(9-11-23)3-2-19-4-6-21(7-5-19)14-26(42)17-38-16-22-12-24(30(32,33)34)15-25(13-22)31(35,36)37/h4-13,15,18,27,38,41,45H,14,16-17H2,1H3,(H,39,43)(H,40,44)/t18-,27+/m1/s1. The van der Waals surface area contributed by atoms with Crippen LogP contribution in [-0.2, 0) is 34.9 Å². The highest BCUT2D eigenvalue weighted by Gasteiger charge is 2.36. The molecule has 238 valence electrons. The molecule has 0 saturated heterocycles. The zero-order valence-corrected chi connectivity index (χ0v) is 23.5. The first-order chi connectivity index (χ1) is 21.1. The summed E-state index contributed by atoms with van der Waals surface area (Å²) in [6.45, 7) is 0.624. The Bertz CT molecular complexity index is 1540. The first-order valence-electron chi connectivity index (χ1n) is 13.2. The van der Waals surface area contributed by atoms with Gasteiger partial charge >= 0.3 is 12.4 Å². The molecule has 5 N–H and O–H groups in total. The molecule has 14 heteroatoms. The van der Waals surface area contributed by atoms with Gasteiger partial charge in [-0.15, -0.1) is 0 Å². The lowest BCUT2D eigenvalue weighted by Crippen LogP contribution is -2.51. The van der Waals surface area contributed by atoms with E-state index in [-0.39, 0.29) is 42.5 Å². The maximum Gasteiger partial charge on any atom is 0.416 e. The third-order valence-corrected chi connectivity index (χ3v) is 6.31. The number of Topliss-reactive ketones (excluding diaryl/α,β-unsaturated/α-hetero) is 1. The van der Waals surface area contributed by atoms with Crippen molar-refractivity contribution < 1.29 is 51.0 Å². The third-order valence-electron chi connectivity index (χ3n) is 6.31. The molecule has 3 aromatic rings. The predicted octanol–water partition coefficient (Wildman–Crippen LogP) is 4.01. The second-order valence-electron chi connectivity index (χ2n) is 9.93. The number of nitrogens with one attached hydrogen (secondary N) is 3. The number of alkyl halides is 6. The summed E-state index contributed by atoms with van der Waals surface area (Å²) in [6.07, 6.45) is -11.2. The van der Waals surface area contributed by atoms with Crippen LogP contribution in [-0.4, -0.2) is 46.6 Å². The Morgan fingerprint density at radius 1 is 0.800 bits per heavy atom. The number of hydroxylamine groups is 1. The fraction of sp³-hybridized carbons (Fsp3) is 0.258. The molecule has 0 heterocycles. The molecule has 0 fully saturated rings. The van der Waals surface area contributed by atoms with Gasteiger partial charge in [0.2, 0.25) is 0 Å². The molecule has 3 rings (SSSR count). The van der Waals surface area contributed by atoms with Gasteiger partial charge < -0.3 is 15.7 Å². The van der Waals surface area contributed by atoms with Crippen LogP contribution in [0.25, 0.3) is 0 Å². The van der Waals surface area contributed by atoms with Crippen LogP contribution in [0.4, 0.5) is 26.3 Å². The van der Waals surface area contributed by atoms with Gasteiger partial charge in [-0.25, -0.2) is 5.48 Å². The number of benzene rings is 3. The SMILES string of the molecule is C[C@@H](O)[C@H](NC(=O)c1ccc(C#Cc2ccc(CC(=O)CNCc3cc(C(F)(F)F)cc(C(F)(F)F)c3)cc2)cc1)C(=O)NO.